The van der Waals surface area contributed by atoms with Crippen molar-refractivity contribution in [3.05, 3.63) is 34.3 Å². The molecule has 2 nitrogen and oxygen atoms in total. The second kappa shape index (κ2) is 3.61. The third-order valence-electron chi connectivity index (χ3n) is 2.63. The van der Waals surface area contributed by atoms with Crippen molar-refractivity contribution in [3.63, 3.8) is 0 Å². The Balaban J connectivity index is 2.30. The molecule has 0 spiro atoms. The minimum atomic E-state index is 0.0689. The van der Waals surface area contributed by atoms with Crippen molar-refractivity contribution in [2.45, 2.75) is 18.9 Å². The van der Waals surface area contributed by atoms with Crippen LogP contribution in [0.1, 0.15) is 30.0 Å². The molecule has 1 aliphatic rings. The first-order valence-corrected chi connectivity index (χ1v) is 5.05. The lowest BCUT2D eigenvalue weighted by atomic mass is 10.0. The van der Waals surface area contributed by atoms with E-state index in [0.29, 0.717) is 16.5 Å². The van der Waals surface area contributed by atoms with Gasteiger partial charge in [0.1, 0.15) is 6.07 Å². The van der Waals surface area contributed by atoms with Crippen LogP contribution in [0.3, 0.4) is 0 Å². The Morgan fingerprint density at radius 3 is 2.79 bits per heavy atom. The van der Waals surface area contributed by atoms with Gasteiger partial charge < -0.3 is 5.73 Å². The molecule has 0 radical (unpaired) electrons. The van der Waals surface area contributed by atoms with Crippen LogP contribution in [-0.4, -0.2) is 0 Å². The van der Waals surface area contributed by atoms with E-state index in [4.69, 9.17) is 22.6 Å². The third-order valence-corrected chi connectivity index (χ3v) is 2.96. The zero-order chi connectivity index (χ0) is 10.1. The van der Waals surface area contributed by atoms with E-state index in [-0.39, 0.29) is 6.04 Å². The van der Waals surface area contributed by atoms with Gasteiger partial charge in [-0.05, 0) is 36.5 Å². The van der Waals surface area contributed by atoms with Crippen LogP contribution in [0.5, 0.6) is 0 Å². The molecule has 14 heavy (non-hydrogen) atoms. The molecule has 0 heterocycles. The molecule has 0 aromatic heterocycles. The summed E-state index contributed by atoms with van der Waals surface area (Å²) in [7, 11) is 0. The second-order valence-corrected chi connectivity index (χ2v) is 4.12. The number of nitrogens with two attached hydrogens (primary N) is 1. The van der Waals surface area contributed by atoms with Crippen molar-refractivity contribution in [2.24, 2.45) is 11.7 Å². The van der Waals surface area contributed by atoms with Gasteiger partial charge in [0, 0.05) is 6.04 Å². The standard InChI is InChI=1S/C11H11ClN2/c12-10-4-3-8(5-9(10)6-13)11(14)7-1-2-7/h3-5,7,11H,1-2,14H2. The van der Waals surface area contributed by atoms with Gasteiger partial charge in [-0.2, -0.15) is 5.26 Å². The molecule has 1 fully saturated rings. The molecule has 1 aliphatic carbocycles. The predicted octanol–water partition coefficient (Wildman–Crippen LogP) is 2.62. The maximum Gasteiger partial charge on any atom is 0.101 e. The molecule has 0 saturated heterocycles. The first kappa shape index (κ1) is 9.51. The lowest BCUT2D eigenvalue weighted by molar-refractivity contribution is 0.633. The van der Waals surface area contributed by atoms with Crippen LogP contribution in [0.15, 0.2) is 18.2 Å². The van der Waals surface area contributed by atoms with Crippen LogP contribution in [0, 0.1) is 17.2 Å². The summed E-state index contributed by atoms with van der Waals surface area (Å²) in [6.45, 7) is 0. The number of hydrogen-bond donors (Lipinski definition) is 1. The molecular weight excluding hydrogens is 196 g/mol. The molecule has 0 bridgehead atoms. The van der Waals surface area contributed by atoms with Crippen molar-refractivity contribution < 1.29 is 0 Å². The number of nitriles is 1. The second-order valence-electron chi connectivity index (χ2n) is 3.71. The van der Waals surface area contributed by atoms with E-state index in [1.807, 2.05) is 6.07 Å². The molecule has 2 rings (SSSR count). The molecule has 1 atom stereocenters. The van der Waals surface area contributed by atoms with Gasteiger partial charge in [0.15, 0.2) is 0 Å². The quantitative estimate of drug-likeness (QED) is 0.809. The van der Waals surface area contributed by atoms with Crippen molar-refractivity contribution in [1.29, 1.82) is 5.26 Å². The fourth-order valence-electron chi connectivity index (χ4n) is 1.56. The average molecular weight is 207 g/mol. The Morgan fingerprint density at radius 1 is 1.50 bits per heavy atom. The fraction of sp³-hybridized carbons (Fsp3) is 0.364. The first-order valence-electron chi connectivity index (χ1n) is 4.67. The molecule has 1 aromatic carbocycles. The summed E-state index contributed by atoms with van der Waals surface area (Å²) in [6.07, 6.45) is 2.40. The average Bonchev–Trinajstić information content (AvgIpc) is 3.01. The minimum Gasteiger partial charge on any atom is -0.324 e. The Labute approximate surface area is 88.3 Å². The summed E-state index contributed by atoms with van der Waals surface area (Å²) in [4.78, 5) is 0. The van der Waals surface area contributed by atoms with E-state index in [9.17, 15) is 0 Å². The Morgan fingerprint density at radius 2 is 2.21 bits per heavy atom. The molecule has 1 saturated carbocycles. The highest BCUT2D eigenvalue weighted by Gasteiger charge is 2.29. The predicted molar refractivity (Wildman–Crippen MR) is 55.8 cm³/mol. The smallest absolute Gasteiger partial charge is 0.101 e. The van der Waals surface area contributed by atoms with E-state index < -0.39 is 0 Å². The van der Waals surface area contributed by atoms with Gasteiger partial charge in [0.05, 0.1) is 10.6 Å². The number of nitrogens with zero attached hydrogens (tertiary/aromatic N) is 1. The van der Waals surface area contributed by atoms with Crippen LogP contribution in [-0.2, 0) is 0 Å². The number of benzene rings is 1. The largest absolute Gasteiger partial charge is 0.324 e. The van der Waals surface area contributed by atoms with Gasteiger partial charge in [-0.1, -0.05) is 17.7 Å². The van der Waals surface area contributed by atoms with Crippen molar-refractivity contribution in [1.82, 2.24) is 0 Å². The Hall–Kier alpha value is -1.04. The summed E-state index contributed by atoms with van der Waals surface area (Å²) in [5.41, 5.74) is 7.56. The maximum absolute atomic E-state index is 8.80. The van der Waals surface area contributed by atoms with Gasteiger partial charge in [-0.3, -0.25) is 0 Å². The van der Waals surface area contributed by atoms with Crippen LogP contribution < -0.4 is 5.73 Å². The molecule has 2 N–H and O–H groups in total. The van der Waals surface area contributed by atoms with Crippen LogP contribution >= 0.6 is 11.6 Å². The van der Waals surface area contributed by atoms with Crippen molar-refractivity contribution in [2.75, 3.05) is 0 Å². The van der Waals surface area contributed by atoms with Crippen LogP contribution in [0.4, 0.5) is 0 Å². The van der Waals surface area contributed by atoms with E-state index in [2.05, 4.69) is 6.07 Å². The Bertz CT molecular complexity index is 391. The minimum absolute atomic E-state index is 0.0689. The highest BCUT2D eigenvalue weighted by atomic mass is 35.5. The zero-order valence-corrected chi connectivity index (χ0v) is 8.46. The van der Waals surface area contributed by atoms with Crippen LogP contribution in [0.25, 0.3) is 0 Å². The van der Waals surface area contributed by atoms with Gasteiger partial charge in [0.25, 0.3) is 0 Å². The molecular formula is C11H11ClN2. The number of rotatable bonds is 2. The Kier molecular flexibility index (Phi) is 2.45. The van der Waals surface area contributed by atoms with Crippen molar-refractivity contribution >= 4 is 11.6 Å². The maximum atomic E-state index is 8.80. The lowest BCUT2D eigenvalue weighted by Gasteiger charge is -2.10. The van der Waals surface area contributed by atoms with E-state index >= 15 is 0 Å². The summed E-state index contributed by atoms with van der Waals surface area (Å²) in [5, 5.41) is 9.30. The van der Waals surface area contributed by atoms with Gasteiger partial charge in [-0.15, -0.1) is 0 Å². The van der Waals surface area contributed by atoms with Gasteiger partial charge >= 0.3 is 0 Å². The fourth-order valence-corrected chi connectivity index (χ4v) is 1.72. The normalized spacial score (nSPS) is 17.5. The van der Waals surface area contributed by atoms with E-state index in [1.165, 1.54) is 12.8 Å². The van der Waals surface area contributed by atoms with E-state index in [0.717, 1.165) is 5.56 Å². The third kappa shape index (κ3) is 1.75. The number of hydrogen-bond acceptors (Lipinski definition) is 2. The summed E-state index contributed by atoms with van der Waals surface area (Å²) < 4.78 is 0. The molecule has 3 heteroatoms. The van der Waals surface area contributed by atoms with E-state index in [1.54, 1.807) is 12.1 Å². The topological polar surface area (TPSA) is 49.8 Å². The highest BCUT2D eigenvalue weighted by Crippen LogP contribution is 2.39. The summed E-state index contributed by atoms with van der Waals surface area (Å²) >= 11 is 5.83. The first-order chi connectivity index (χ1) is 6.72. The molecule has 0 amide bonds. The SMILES string of the molecule is N#Cc1cc(C(N)C2CC2)ccc1Cl. The highest BCUT2D eigenvalue weighted by molar-refractivity contribution is 6.31. The molecule has 1 aromatic rings. The van der Waals surface area contributed by atoms with Gasteiger partial charge in [0.2, 0.25) is 0 Å². The monoisotopic (exact) mass is 206 g/mol. The molecule has 1 unspecified atom stereocenters. The summed E-state index contributed by atoms with van der Waals surface area (Å²) in [5.74, 6) is 0.600. The molecule has 72 valence electrons. The van der Waals surface area contributed by atoms with Crippen molar-refractivity contribution in [3.8, 4) is 6.07 Å². The zero-order valence-electron chi connectivity index (χ0n) is 7.70. The van der Waals surface area contributed by atoms with Crippen LogP contribution in [0.2, 0.25) is 5.02 Å². The molecule has 0 aliphatic heterocycles. The lowest BCUT2D eigenvalue weighted by Crippen LogP contribution is -2.12. The summed E-state index contributed by atoms with van der Waals surface area (Å²) in [6, 6.07) is 7.58. The van der Waals surface area contributed by atoms with Gasteiger partial charge in [-0.25, -0.2) is 0 Å². The number of halogens is 1.